The summed E-state index contributed by atoms with van der Waals surface area (Å²) in [6, 6.07) is 0. The largest absolute Gasteiger partial charge is 0.370 e. The van der Waals surface area contributed by atoms with Crippen LogP contribution in [0.3, 0.4) is 0 Å². The Balaban J connectivity index is 1.82. The van der Waals surface area contributed by atoms with E-state index in [1.165, 1.54) is 0 Å². The number of nitrogens with one attached hydrogen (secondary N) is 1. The van der Waals surface area contributed by atoms with Crippen molar-refractivity contribution in [1.29, 1.82) is 0 Å². The summed E-state index contributed by atoms with van der Waals surface area (Å²) in [5.74, 6) is 0. The van der Waals surface area contributed by atoms with E-state index in [0.717, 1.165) is 30.9 Å². The normalized spacial score (nSPS) is 22.4. The van der Waals surface area contributed by atoms with Crippen molar-refractivity contribution in [2.75, 3.05) is 13.1 Å². The summed E-state index contributed by atoms with van der Waals surface area (Å²) in [5.41, 5.74) is 1.61. The molecule has 5 nitrogen and oxygen atoms in total. The highest BCUT2D eigenvalue weighted by Crippen LogP contribution is 2.08. The molecule has 13 heavy (non-hydrogen) atoms. The minimum atomic E-state index is 0.316. The second-order valence-corrected chi connectivity index (χ2v) is 3.22. The number of aromatic nitrogens is 2. The van der Waals surface area contributed by atoms with Crippen molar-refractivity contribution in [2.24, 2.45) is 0 Å². The molecule has 0 saturated carbocycles. The van der Waals surface area contributed by atoms with Gasteiger partial charge in [-0.3, -0.25) is 0 Å². The van der Waals surface area contributed by atoms with Gasteiger partial charge in [0, 0.05) is 6.54 Å². The van der Waals surface area contributed by atoms with Crippen LogP contribution in [0.4, 0.5) is 0 Å². The zero-order valence-corrected chi connectivity index (χ0v) is 7.62. The first-order valence-electron chi connectivity index (χ1n) is 4.46. The number of hydrogen-bond acceptors (Lipinski definition) is 5. The minimum Gasteiger partial charge on any atom is -0.370 e. The summed E-state index contributed by atoms with van der Waals surface area (Å²) in [6.45, 7) is 4.34. The van der Waals surface area contributed by atoms with E-state index in [1.807, 2.05) is 6.92 Å². The molecular weight excluding hydrogens is 170 g/mol. The maximum atomic E-state index is 5.60. The van der Waals surface area contributed by atoms with Crippen LogP contribution in [0.5, 0.6) is 0 Å². The SMILES string of the molecule is Cc1nonc1COC1CCNC1. The quantitative estimate of drug-likeness (QED) is 0.728. The van der Waals surface area contributed by atoms with Crippen LogP contribution in [0.1, 0.15) is 17.8 Å². The highest BCUT2D eigenvalue weighted by Gasteiger charge is 2.16. The van der Waals surface area contributed by atoms with E-state index < -0.39 is 0 Å². The molecule has 1 atom stereocenters. The van der Waals surface area contributed by atoms with Gasteiger partial charge in [0.05, 0.1) is 12.7 Å². The Morgan fingerprint density at radius 3 is 3.15 bits per heavy atom. The van der Waals surface area contributed by atoms with Gasteiger partial charge in [0.15, 0.2) is 0 Å². The maximum Gasteiger partial charge on any atom is 0.133 e. The molecule has 1 saturated heterocycles. The first-order chi connectivity index (χ1) is 6.36. The third-order valence-electron chi connectivity index (χ3n) is 2.22. The molecule has 1 aromatic heterocycles. The van der Waals surface area contributed by atoms with Crippen molar-refractivity contribution in [3.8, 4) is 0 Å². The lowest BCUT2D eigenvalue weighted by atomic mass is 10.3. The van der Waals surface area contributed by atoms with Gasteiger partial charge in [0.25, 0.3) is 0 Å². The van der Waals surface area contributed by atoms with Crippen LogP contribution in [0.15, 0.2) is 4.63 Å². The van der Waals surface area contributed by atoms with Crippen molar-refractivity contribution in [3.05, 3.63) is 11.4 Å². The minimum absolute atomic E-state index is 0.316. The Morgan fingerprint density at radius 1 is 1.62 bits per heavy atom. The smallest absolute Gasteiger partial charge is 0.133 e. The summed E-state index contributed by atoms with van der Waals surface area (Å²) in [5, 5.41) is 10.7. The van der Waals surface area contributed by atoms with E-state index in [-0.39, 0.29) is 0 Å². The predicted octanol–water partition coefficient (Wildman–Crippen LogP) is 0.257. The van der Waals surface area contributed by atoms with Gasteiger partial charge in [-0.15, -0.1) is 0 Å². The van der Waals surface area contributed by atoms with Gasteiger partial charge in [-0.1, -0.05) is 10.3 Å². The summed E-state index contributed by atoms with van der Waals surface area (Å²) in [6.07, 6.45) is 1.39. The molecule has 0 amide bonds. The van der Waals surface area contributed by atoms with Gasteiger partial charge < -0.3 is 10.1 Å². The molecule has 1 aromatic rings. The number of hydrogen-bond donors (Lipinski definition) is 1. The second kappa shape index (κ2) is 3.85. The van der Waals surface area contributed by atoms with Gasteiger partial charge in [-0.05, 0) is 19.9 Å². The average Bonchev–Trinajstić information content (AvgIpc) is 2.72. The molecule has 0 bridgehead atoms. The first kappa shape index (κ1) is 8.65. The summed E-state index contributed by atoms with van der Waals surface area (Å²) in [7, 11) is 0. The highest BCUT2D eigenvalue weighted by molar-refractivity contribution is 5.02. The van der Waals surface area contributed by atoms with Crippen LogP contribution in [0.25, 0.3) is 0 Å². The van der Waals surface area contributed by atoms with Crippen molar-refractivity contribution in [3.63, 3.8) is 0 Å². The van der Waals surface area contributed by atoms with Crippen molar-refractivity contribution >= 4 is 0 Å². The van der Waals surface area contributed by atoms with E-state index in [0.29, 0.717) is 12.7 Å². The predicted molar refractivity (Wildman–Crippen MR) is 45.1 cm³/mol. The van der Waals surface area contributed by atoms with Gasteiger partial charge in [0.2, 0.25) is 0 Å². The van der Waals surface area contributed by atoms with Gasteiger partial charge in [0.1, 0.15) is 11.4 Å². The van der Waals surface area contributed by atoms with E-state index in [1.54, 1.807) is 0 Å². The van der Waals surface area contributed by atoms with Crippen LogP contribution in [0, 0.1) is 6.92 Å². The Morgan fingerprint density at radius 2 is 2.54 bits per heavy atom. The number of nitrogens with zero attached hydrogens (tertiary/aromatic N) is 2. The lowest BCUT2D eigenvalue weighted by molar-refractivity contribution is 0.0503. The molecule has 1 aliphatic heterocycles. The van der Waals surface area contributed by atoms with E-state index in [4.69, 9.17) is 4.74 Å². The van der Waals surface area contributed by atoms with E-state index >= 15 is 0 Å². The maximum absolute atomic E-state index is 5.60. The molecule has 0 aliphatic carbocycles. The van der Waals surface area contributed by atoms with Crippen molar-refractivity contribution < 1.29 is 9.37 Å². The van der Waals surface area contributed by atoms with Gasteiger partial charge in [-0.25, -0.2) is 4.63 Å². The Kier molecular flexibility index (Phi) is 2.56. The topological polar surface area (TPSA) is 60.2 Å². The zero-order chi connectivity index (χ0) is 9.10. The molecule has 0 spiro atoms. The fourth-order valence-corrected chi connectivity index (χ4v) is 1.35. The fraction of sp³-hybridized carbons (Fsp3) is 0.750. The molecule has 5 heteroatoms. The summed E-state index contributed by atoms with van der Waals surface area (Å²) >= 11 is 0. The third-order valence-corrected chi connectivity index (χ3v) is 2.22. The van der Waals surface area contributed by atoms with Crippen molar-refractivity contribution in [1.82, 2.24) is 15.6 Å². The second-order valence-electron chi connectivity index (χ2n) is 3.22. The van der Waals surface area contributed by atoms with Gasteiger partial charge in [-0.2, -0.15) is 0 Å². The Bertz CT molecular complexity index is 268. The average molecular weight is 183 g/mol. The number of rotatable bonds is 3. The first-order valence-corrected chi connectivity index (χ1v) is 4.46. The molecule has 72 valence electrons. The molecule has 2 rings (SSSR count). The van der Waals surface area contributed by atoms with Gasteiger partial charge >= 0.3 is 0 Å². The summed E-state index contributed by atoms with van der Waals surface area (Å²) in [4.78, 5) is 0. The fourth-order valence-electron chi connectivity index (χ4n) is 1.35. The monoisotopic (exact) mass is 183 g/mol. The van der Waals surface area contributed by atoms with E-state index in [9.17, 15) is 0 Å². The number of ether oxygens (including phenoxy) is 1. The summed E-state index contributed by atoms with van der Waals surface area (Å²) < 4.78 is 10.2. The molecule has 2 heterocycles. The third kappa shape index (κ3) is 2.05. The highest BCUT2D eigenvalue weighted by atomic mass is 16.6. The molecule has 1 N–H and O–H groups in total. The van der Waals surface area contributed by atoms with Crippen molar-refractivity contribution in [2.45, 2.75) is 26.1 Å². The number of aryl methyl sites for hydroxylation is 1. The van der Waals surface area contributed by atoms with Crippen LogP contribution < -0.4 is 5.32 Å². The molecule has 0 radical (unpaired) electrons. The van der Waals surface area contributed by atoms with Crippen LogP contribution in [-0.2, 0) is 11.3 Å². The molecular formula is C8H13N3O2. The Labute approximate surface area is 76.4 Å². The molecule has 0 aromatic carbocycles. The lowest BCUT2D eigenvalue weighted by Crippen LogP contribution is -2.16. The molecule has 1 aliphatic rings. The zero-order valence-electron chi connectivity index (χ0n) is 7.62. The lowest BCUT2D eigenvalue weighted by Gasteiger charge is -2.07. The van der Waals surface area contributed by atoms with E-state index in [2.05, 4.69) is 20.3 Å². The Hall–Kier alpha value is -0.940. The van der Waals surface area contributed by atoms with Crippen LogP contribution in [-0.4, -0.2) is 29.5 Å². The molecule has 1 unspecified atom stereocenters. The van der Waals surface area contributed by atoms with Crippen LogP contribution >= 0.6 is 0 Å². The van der Waals surface area contributed by atoms with Crippen LogP contribution in [0.2, 0.25) is 0 Å². The standard InChI is InChI=1S/C8H13N3O2/c1-6-8(11-13-10-6)5-12-7-2-3-9-4-7/h7,9H,2-5H2,1H3. The molecule has 1 fully saturated rings.